The Morgan fingerprint density at radius 2 is 1.80 bits per heavy atom. The van der Waals surface area contributed by atoms with Crippen molar-refractivity contribution >= 4 is 24.0 Å². The molecule has 4 nitrogen and oxygen atoms in total. The first-order valence-electron chi connectivity index (χ1n) is 4.85. The topological polar surface area (TPSA) is 51.3 Å². The highest BCUT2D eigenvalue weighted by atomic mass is 32.1. The van der Waals surface area contributed by atoms with Crippen molar-refractivity contribution in [2.75, 3.05) is 0 Å². The molecule has 1 saturated heterocycles. The maximum Gasteiger partial charge on any atom is 0.513 e. The highest BCUT2D eigenvalue weighted by Gasteiger charge is 2.52. The van der Waals surface area contributed by atoms with E-state index in [0.717, 1.165) is 11.3 Å². The molecule has 0 bridgehead atoms. The molecule has 1 N–H and O–H groups in total. The number of hydrogen-bond acceptors (Lipinski definition) is 4. The number of aromatic nitrogens is 1. The summed E-state index contributed by atoms with van der Waals surface area (Å²) in [5.74, 6) is 0. The molecule has 0 radical (unpaired) electrons. The lowest BCUT2D eigenvalue weighted by Gasteiger charge is -2.32. The van der Waals surface area contributed by atoms with Crippen LogP contribution in [0.5, 0.6) is 0 Å². The quantitative estimate of drug-likeness (QED) is 0.719. The summed E-state index contributed by atoms with van der Waals surface area (Å²) in [4.78, 5) is 13.6. The monoisotopic (exact) mass is 227 g/mol. The Hall–Kier alpha value is -0.585. The van der Waals surface area contributed by atoms with E-state index in [0.29, 0.717) is 5.59 Å². The second-order valence-electron chi connectivity index (χ2n) is 4.69. The van der Waals surface area contributed by atoms with Crippen LogP contribution in [0.3, 0.4) is 0 Å². The van der Waals surface area contributed by atoms with Crippen molar-refractivity contribution in [3.8, 4) is 0 Å². The van der Waals surface area contributed by atoms with Gasteiger partial charge in [0.15, 0.2) is 0 Å². The van der Waals surface area contributed by atoms with E-state index in [9.17, 15) is 4.79 Å². The smallest absolute Gasteiger partial charge is 0.398 e. The fraction of sp³-hybridized carbons (Fsp3) is 0.667. The average Bonchev–Trinajstić information content (AvgIpc) is 2.56. The summed E-state index contributed by atoms with van der Waals surface area (Å²) in [6, 6.07) is 0. The van der Waals surface area contributed by atoms with Gasteiger partial charge in [0.05, 0.1) is 16.8 Å². The molecule has 1 aliphatic heterocycles. The van der Waals surface area contributed by atoms with Crippen LogP contribution < -0.4 is 10.5 Å². The van der Waals surface area contributed by atoms with Gasteiger partial charge in [0.2, 0.25) is 0 Å². The molecule has 0 amide bonds. The molecular formula is C9H14BNO3S. The fourth-order valence-corrected chi connectivity index (χ4v) is 1.96. The zero-order valence-corrected chi connectivity index (χ0v) is 10.1. The Morgan fingerprint density at radius 1 is 1.27 bits per heavy atom. The summed E-state index contributed by atoms with van der Waals surface area (Å²) in [6.07, 6.45) is 0. The normalized spacial score (nSPS) is 23.3. The zero-order chi connectivity index (χ0) is 11.3. The van der Waals surface area contributed by atoms with Crippen molar-refractivity contribution in [3.63, 3.8) is 0 Å². The molecule has 0 spiro atoms. The van der Waals surface area contributed by atoms with E-state index < -0.39 is 7.12 Å². The Bertz CT molecular complexity index is 407. The molecule has 15 heavy (non-hydrogen) atoms. The van der Waals surface area contributed by atoms with E-state index >= 15 is 0 Å². The first-order valence-corrected chi connectivity index (χ1v) is 5.73. The molecule has 1 fully saturated rings. The van der Waals surface area contributed by atoms with Crippen molar-refractivity contribution in [1.29, 1.82) is 0 Å². The second kappa shape index (κ2) is 3.20. The van der Waals surface area contributed by atoms with Gasteiger partial charge in [-0.15, -0.1) is 0 Å². The van der Waals surface area contributed by atoms with Gasteiger partial charge >= 0.3 is 12.0 Å². The lowest BCUT2D eigenvalue weighted by molar-refractivity contribution is 0.00578. The van der Waals surface area contributed by atoms with Crippen LogP contribution >= 0.6 is 11.3 Å². The average molecular weight is 227 g/mol. The summed E-state index contributed by atoms with van der Waals surface area (Å²) >= 11 is 1.12. The number of H-pyrrole nitrogens is 1. The standard InChI is InChI=1S/C9H14BNO3S/c1-8(2)9(3,4)14-10(13-8)6-5-15-7(12)11-6/h5H,1-4H3,(H,11,12). The minimum Gasteiger partial charge on any atom is -0.398 e. The third-order valence-electron chi connectivity index (χ3n) is 3.05. The highest BCUT2D eigenvalue weighted by Crippen LogP contribution is 2.36. The van der Waals surface area contributed by atoms with E-state index in [4.69, 9.17) is 9.31 Å². The van der Waals surface area contributed by atoms with E-state index in [1.54, 1.807) is 5.38 Å². The minimum absolute atomic E-state index is 0.0836. The van der Waals surface area contributed by atoms with E-state index in [1.807, 2.05) is 27.7 Å². The molecule has 0 aromatic carbocycles. The fourth-order valence-electron chi connectivity index (χ4n) is 1.38. The van der Waals surface area contributed by atoms with Crippen LogP contribution in [0.4, 0.5) is 0 Å². The van der Waals surface area contributed by atoms with Crippen molar-refractivity contribution in [2.24, 2.45) is 0 Å². The highest BCUT2D eigenvalue weighted by molar-refractivity contribution is 7.08. The largest absolute Gasteiger partial charge is 0.513 e. The first kappa shape index (κ1) is 10.9. The predicted octanol–water partition coefficient (Wildman–Crippen LogP) is 0.736. The van der Waals surface area contributed by atoms with Gasteiger partial charge in [-0.05, 0) is 27.7 Å². The minimum atomic E-state index is -0.464. The van der Waals surface area contributed by atoms with Gasteiger partial charge in [-0.3, -0.25) is 4.79 Å². The molecule has 0 saturated carbocycles. The Morgan fingerprint density at radius 3 is 2.20 bits per heavy atom. The van der Waals surface area contributed by atoms with Crippen LogP contribution in [0, 0.1) is 0 Å². The van der Waals surface area contributed by atoms with Crippen LogP contribution in [0.2, 0.25) is 0 Å². The summed E-state index contributed by atoms with van der Waals surface area (Å²) in [5, 5.41) is 1.74. The lowest BCUT2D eigenvalue weighted by Crippen LogP contribution is -2.41. The van der Waals surface area contributed by atoms with Crippen molar-refractivity contribution in [3.05, 3.63) is 15.0 Å². The van der Waals surface area contributed by atoms with E-state index in [2.05, 4.69) is 4.98 Å². The van der Waals surface area contributed by atoms with Crippen molar-refractivity contribution in [1.82, 2.24) is 4.98 Å². The molecule has 6 heteroatoms. The lowest BCUT2D eigenvalue weighted by atomic mass is 9.86. The number of nitrogens with one attached hydrogen (secondary N) is 1. The Kier molecular flexibility index (Phi) is 2.33. The van der Waals surface area contributed by atoms with Gasteiger partial charge in [0, 0.05) is 5.38 Å². The van der Waals surface area contributed by atoms with E-state index in [1.165, 1.54) is 0 Å². The molecule has 0 atom stereocenters. The Balaban J connectivity index is 2.27. The number of thiazole rings is 1. The van der Waals surface area contributed by atoms with Crippen LogP contribution in [0.1, 0.15) is 27.7 Å². The van der Waals surface area contributed by atoms with Crippen LogP contribution in [0.25, 0.3) is 0 Å². The molecule has 1 aromatic heterocycles. The van der Waals surface area contributed by atoms with Crippen molar-refractivity contribution in [2.45, 2.75) is 38.9 Å². The Labute approximate surface area is 92.8 Å². The number of hydrogen-bond donors (Lipinski definition) is 1. The molecule has 0 aliphatic carbocycles. The molecule has 1 aliphatic rings. The SMILES string of the molecule is CC1(C)OB(c2csc(=O)[nH]2)OC1(C)C. The first-order chi connectivity index (χ1) is 6.82. The third kappa shape index (κ3) is 1.77. The maximum absolute atomic E-state index is 11.0. The molecular weight excluding hydrogens is 213 g/mol. The molecule has 0 unspecified atom stereocenters. The molecule has 1 aromatic rings. The summed E-state index contributed by atoms with van der Waals surface area (Å²) in [7, 11) is -0.464. The van der Waals surface area contributed by atoms with Crippen LogP contribution in [0.15, 0.2) is 10.2 Å². The van der Waals surface area contributed by atoms with Crippen molar-refractivity contribution < 1.29 is 9.31 Å². The van der Waals surface area contributed by atoms with Crippen LogP contribution in [-0.2, 0) is 9.31 Å². The number of aromatic amines is 1. The predicted molar refractivity (Wildman–Crippen MR) is 60.7 cm³/mol. The van der Waals surface area contributed by atoms with Gasteiger partial charge in [-0.2, -0.15) is 0 Å². The summed E-state index contributed by atoms with van der Waals surface area (Å²) in [5.41, 5.74) is -0.0314. The second-order valence-corrected chi connectivity index (χ2v) is 5.53. The summed E-state index contributed by atoms with van der Waals surface area (Å²) in [6.45, 7) is 7.93. The summed E-state index contributed by atoms with van der Waals surface area (Å²) < 4.78 is 11.6. The molecule has 82 valence electrons. The number of rotatable bonds is 1. The van der Waals surface area contributed by atoms with Gasteiger partial charge in [-0.1, -0.05) is 11.3 Å². The molecule has 2 rings (SSSR count). The van der Waals surface area contributed by atoms with Gasteiger partial charge in [-0.25, -0.2) is 0 Å². The van der Waals surface area contributed by atoms with Gasteiger partial charge < -0.3 is 14.3 Å². The molecule has 2 heterocycles. The maximum atomic E-state index is 11.0. The third-order valence-corrected chi connectivity index (χ3v) is 3.73. The van der Waals surface area contributed by atoms with E-state index in [-0.39, 0.29) is 16.1 Å². The van der Waals surface area contributed by atoms with Gasteiger partial charge in [0.1, 0.15) is 0 Å². The zero-order valence-electron chi connectivity index (χ0n) is 9.29. The van der Waals surface area contributed by atoms with Gasteiger partial charge in [0.25, 0.3) is 0 Å². The van der Waals surface area contributed by atoms with Crippen LogP contribution in [-0.4, -0.2) is 23.3 Å².